The van der Waals surface area contributed by atoms with E-state index in [9.17, 15) is 4.79 Å². The number of rotatable bonds is 8. The lowest BCUT2D eigenvalue weighted by Gasteiger charge is -2.02. The van der Waals surface area contributed by atoms with Crippen LogP contribution in [-0.4, -0.2) is 28.0 Å². The molecule has 0 saturated heterocycles. The molecule has 0 bridgehead atoms. The first-order chi connectivity index (χ1) is 12.8. The summed E-state index contributed by atoms with van der Waals surface area (Å²) in [5.74, 6) is 0.757. The summed E-state index contributed by atoms with van der Waals surface area (Å²) in [6.45, 7) is 1.35. The lowest BCUT2D eigenvalue weighted by molar-refractivity contribution is -0.116. The van der Waals surface area contributed by atoms with E-state index in [0.717, 1.165) is 17.9 Å². The smallest absolute Gasteiger partial charge is 0.244 e. The maximum atomic E-state index is 11.9. The Morgan fingerprint density at radius 3 is 2.58 bits per heavy atom. The molecule has 5 heteroatoms. The van der Waals surface area contributed by atoms with E-state index >= 15 is 0 Å². The molecule has 1 amide bonds. The van der Waals surface area contributed by atoms with Crippen molar-refractivity contribution in [3.05, 3.63) is 90.3 Å². The summed E-state index contributed by atoms with van der Waals surface area (Å²) in [4.78, 5) is 13.1. The van der Waals surface area contributed by atoms with Crippen LogP contribution in [-0.2, 0) is 11.3 Å². The number of carbonyl (C=O) groups excluding carboxylic acids is 1. The SMILES string of the molecule is O=C(/C=C/c1cnn(Cc2ccccc2)c1)NCCSc1ccccc1. The summed E-state index contributed by atoms with van der Waals surface area (Å²) >= 11 is 1.73. The minimum atomic E-state index is -0.0885. The second kappa shape index (κ2) is 9.63. The number of thioether (sulfide) groups is 1. The number of hydrogen-bond donors (Lipinski definition) is 1. The number of nitrogens with zero attached hydrogens (tertiary/aromatic N) is 2. The summed E-state index contributed by atoms with van der Waals surface area (Å²) in [7, 11) is 0. The van der Waals surface area contributed by atoms with Crippen molar-refractivity contribution in [2.75, 3.05) is 12.3 Å². The van der Waals surface area contributed by atoms with Gasteiger partial charge in [0.1, 0.15) is 0 Å². The van der Waals surface area contributed by atoms with Gasteiger partial charge in [0.05, 0.1) is 12.7 Å². The van der Waals surface area contributed by atoms with Gasteiger partial charge in [-0.2, -0.15) is 5.10 Å². The molecule has 0 aliphatic heterocycles. The average molecular weight is 363 g/mol. The molecule has 0 fully saturated rings. The van der Waals surface area contributed by atoms with Gasteiger partial charge in [0.25, 0.3) is 0 Å². The zero-order valence-corrected chi connectivity index (χ0v) is 15.2. The molecule has 3 rings (SSSR count). The van der Waals surface area contributed by atoms with Gasteiger partial charge in [-0.1, -0.05) is 48.5 Å². The molecule has 0 radical (unpaired) electrons. The van der Waals surface area contributed by atoms with E-state index in [-0.39, 0.29) is 5.91 Å². The number of amides is 1. The van der Waals surface area contributed by atoms with Gasteiger partial charge in [-0.05, 0) is 23.8 Å². The molecule has 0 aliphatic rings. The normalized spacial score (nSPS) is 10.9. The maximum absolute atomic E-state index is 11.9. The van der Waals surface area contributed by atoms with Crippen molar-refractivity contribution in [3.8, 4) is 0 Å². The van der Waals surface area contributed by atoms with Crippen LogP contribution in [0.3, 0.4) is 0 Å². The van der Waals surface area contributed by atoms with Crippen LogP contribution in [0.2, 0.25) is 0 Å². The third-order valence-electron chi connectivity index (χ3n) is 3.68. The van der Waals surface area contributed by atoms with Crippen LogP contribution in [0.5, 0.6) is 0 Å². The maximum Gasteiger partial charge on any atom is 0.244 e. The van der Waals surface area contributed by atoms with Crippen molar-refractivity contribution < 1.29 is 4.79 Å². The first kappa shape index (κ1) is 18.0. The lowest BCUT2D eigenvalue weighted by Crippen LogP contribution is -2.23. The van der Waals surface area contributed by atoms with Gasteiger partial charge in [0.2, 0.25) is 5.91 Å². The summed E-state index contributed by atoms with van der Waals surface area (Å²) in [5, 5.41) is 7.22. The van der Waals surface area contributed by atoms with Crippen molar-refractivity contribution in [2.24, 2.45) is 0 Å². The lowest BCUT2D eigenvalue weighted by atomic mass is 10.2. The Labute approximate surface area is 157 Å². The molecule has 1 N–H and O–H groups in total. The van der Waals surface area contributed by atoms with Gasteiger partial charge in [0, 0.05) is 35.0 Å². The molecule has 0 aliphatic carbocycles. The van der Waals surface area contributed by atoms with Gasteiger partial charge >= 0.3 is 0 Å². The molecule has 0 atom stereocenters. The Bertz CT molecular complexity index is 844. The standard InChI is InChI=1S/C21H21N3OS/c25-21(22-13-14-26-20-9-5-2-6-10-20)12-11-19-15-23-24(17-19)16-18-7-3-1-4-8-18/h1-12,15,17H,13-14,16H2,(H,22,25)/b12-11+. The fourth-order valence-electron chi connectivity index (χ4n) is 2.41. The predicted molar refractivity (Wildman–Crippen MR) is 107 cm³/mol. The third-order valence-corrected chi connectivity index (χ3v) is 4.69. The van der Waals surface area contributed by atoms with E-state index in [1.807, 2.05) is 47.3 Å². The Morgan fingerprint density at radius 1 is 1.08 bits per heavy atom. The van der Waals surface area contributed by atoms with E-state index in [4.69, 9.17) is 0 Å². The van der Waals surface area contributed by atoms with Crippen LogP contribution in [0.4, 0.5) is 0 Å². The quantitative estimate of drug-likeness (QED) is 0.376. The molecule has 1 aromatic heterocycles. The van der Waals surface area contributed by atoms with Crippen LogP contribution in [0.1, 0.15) is 11.1 Å². The average Bonchev–Trinajstić information content (AvgIpc) is 3.12. The molecule has 132 valence electrons. The first-order valence-corrected chi connectivity index (χ1v) is 9.48. The third kappa shape index (κ3) is 5.93. The molecule has 1 heterocycles. The van der Waals surface area contributed by atoms with Crippen LogP contribution in [0.25, 0.3) is 6.08 Å². The van der Waals surface area contributed by atoms with Crippen molar-refractivity contribution in [2.45, 2.75) is 11.4 Å². The summed E-state index contributed by atoms with van der Waals surface area (Å²) in [5.41, 5.74) is 2.11. The fourth-order valence-corrected chi connectivity index (χ4v) is 3.20. The van der Waals surface area contributed by atoms with Gasteiger partial charge < -0.3 is 5.32 Å². The summed E-state index contributed by atoms with van der Waals surface area (Å²) in [6.07, 6.45) is 7.03. The minimum absolute atomic E-state index is 0.0885. The second-order valence-corrected chi connectivity index (χ2v) is 6.91. The van der Waals surface area contributed by atoms with Gasteiger partial charge in [-0.25, -0.2) is 0 Å². The van der Waals surface area contributed by atoms with Crippen molar-refractivity contribution in [1.29, 1.82) is 0 Å². The van der Waals surface area contributed by atoms with Gasteiger partial charge in [-0.3, -0.25) is 9.48 Å². The van der Waals surface area contributed by atoms with Crippen molar-refractivity contribution in [3.63, 3.8) is 0 Å². The highest BCUT2D eigenvalue weighted by Crippen LogP contribution is 2.15. The summed E-state index contributed by atoms with van der Waals surface area (Å²) in [6, 6.07) is 20.3. The summed E-state index contributed by atoms with van der Waals surface area (Å²) < 4.78 is 1.86. The molecule has 0 unspecified atom stereocenters. The van der Waals surface area contributed by atoms with E-state index in [0.29, 0.717) is 6.54 Å². The van der Waals surface area contributed by atoms with Gasteiger partial charge in [-0.15, -0.1) is 11.8 Å². The number of hydrogen-bond acceptors (Lipinski definition) is 3. The van der Waals surface area contributed by atoms with Crippen molar-refractivity contribution in [1.82, 2.24) is 15.1 Å². The molecule has 26 heavy (non-hydrogen) atoms. The largest absolute Gasteiger partial charge is 0.352 e. The number of nitrogens with one attached hydrogen (secondary N) is 1. The predicted octanol–water partition coefficient (Wildman–Crippen LogP) is 3.85. The van der Waals surface area contributed by atoms with E-state index < -0.39 is 0 Å². The zero-order chi connectivity index (χ0) is 18.0. The molecular weight excluding hydrogens is 342 g/mol. The Morgan fingerprint density at radius 2 is 1.81 bits per heavy atom. The van der Waals surface area contributed by atoms with Crippen LogP contribution >= 0.6 is 11.8 Å². The molecule has 4 nitrogen and oxygen atoms in total. The number of carbonyl (C=O) groups is 1. The monoisotopic (exact) mass is 363 g/mol. The van der Waals surface area contributed by atoms with Crippen LogP contribution < -0.4 is 5.32 Å². The number of aromatic nitrogens is 2. The van der Waals surface area contributed by atoms with E-state index in [2.05, 4.69) is 34.7 Å². The van der Waals surface area contributed by atoms with Crippen molar-refractivity contribution >= 4 is 23.7 Å². The Kier molecular flexibility index (Phi) is 6.67. The molecular formula is C21H21N3OS. The highest BCUT2D eigenvalue weighted by atomic mass is 32.2. The number of benzene rings is 2. The minimum Gasteiger partial charge on any atom is -0.352 e. The fraction of sp³-hybridized carbons (Fsp3) is 0.143. The second-order valence-electron chi connectivity index (χ2n) is 5.74. The molecule has 0 saturated carbocycles. The highest BCUT2D eigenvalue weighted by Gasteiger charge is 1.99. The highest BCUT2D eigenvalue weighted by molar-refractivity contribution is 7.99. The first-order valence-electron chi connectivity index (χ1n) is 8.50. The Balaban J connectivity index is 1.40. The van der Waals surface area contributed by atoms with E-state index in [1.54, 1.807) is 30.1 Å². The van der Waals surface area contributed by atoms with Gasteiger partial charge in [0.15, 0.2) is 0 Å². The Hall–Kier alpha value is -2.79. The zero-order valence-electron chi connectivity index (χ0n) is 14.4. The van der Waals surface area contributed by atoms with E-state index in [1.165, 1.54) is 10.5 Å². The topological polar surface area (TPSA) is 46.9 Å². The molecule has 0 spiro atoms. The van der Waals surface area contributed by atoms with Crippen LogP contribution in [0, 0.1) is 0 Å². The molecule has 2 aromatic carbocycles. The molecule has 3 aromatic rings. The van der Waals surface area contributed by atoms with Crippen LogP contribution in [0.15, 0.2) is 84.0 Å².